The number of hydrogen-bond acceptors (Lipinski definition) is 6. The van der Waals surface area contributed by atoms with E-state index < -0.39 is 23.6 Å². The third-order valence-electron chi connectivity index (χ3n) is 3.39. The van der Waals surface area contributed by atoms with Crippen molar-refractivity contribution in [3.8, 4) is 0 Å². The van der Waals surface area contributed by atoms with E-state index in [9.17, 15) is 9.59 Å². The number of ether oxygens (including phenoxy) is 2. The molecule has 2 atom stereocenters. The maximum atomic E-state index is 12.1. The largest absolute Gasteiger partial charge is 0.466 e. The smallest absolute Gasteiger partial charge is 0.357 e. The van der Waals surface area contributed by atoms with E-state index in [1.807, 2.05) is 30.3 Å². The Kier molecular flexibility index (Phi) is 4.26. The normalized spacial score (nSPS) is 22.0. The van der Waals surface area contributed by atoms with Gasteiger partial charge in [0.2, 0.25) is 0 Å². The molecule has 6 heteroatoms. The summed E-state index contributed by atoms with van der Waals surface area (Å²) in [4.78, 5) is 28.6. The van der Waals surface area contributed by atoms with Gasteiger partial charge in [0.25, 0.3) is 5.60 Å². The van der Waals surface area contributed by atoms with Crippen LogP contribution in [0.4, 0.5) is 0 Å². The fourth-order valence-corrected chi connectivity index (χ4v) is 2.25. The van der Waals surface area contributed by atoms with E-state index in [1.165, 1.54) is 14.0 Å². The second-order valence-electron chi connectivity index (χ2n) is 4.80. The van der Waals surface area contributed by atoms with Gasteiger partial charge in [0.1, 0.15) is 0 Å². The molecular weight excluding hydrogens is 274 g/mol. The number of benzene rings is 1. The zero-order valence-electron chi connectivity index (χ0n) is 12.2. The minimum absolute atomic E-state index is 0.179. The van der Waals surface area contributed by atoms with Gasteiger partial charge in [-0.3, -0.25) is 4.79 Å². The van der Waals surface area contributed by atoms with Gasteiger partial charge >= 0.3 is 11.9 Å². The number of nitrogens with zero attached hydrogens (tertiary/aromatic N) is 1. The SMILES string of the molecule is COC(=O)[C@@]1([C@@H](C)OC(C)=O)CC(c2ccccc2)=NO1. The van der Waals surface area contributed by atoms with Crippen molar-refractivity contribution in [2.24, 2.45) is 5.16 Å². The Morgan fingerprint density at radius 1 is 1.33 bits per heavy atom. The summed E-state index contributed by atoms with van der Waals surface area (Å²) in [7, 11) is 1.26. The van der Waals surface area contributed by atoms with Crippen LogP contribution in [0, 0.1) is 0 Å². The van der Waals surface area contributed by atoms with E-state index in [1.54, 1.807) is 6.92 Å². The van der Waals surface area contributed by atoms with E-state index >= 15 is 0 Å². The predicted octanol–water partition coefficient (Wildman–Crippen LogP) is 1.67. The van der Waals surface area contributed by atoms with Gasteiger partial charge in [0, 0.05) is 6.92 Å². The summed E-state index contributed by atoms with van der Waals surface area (Å²) in [6, 6.07) is 9.35. The molecule has 0 aromatic heterocycles. The highest BCUT2D eigenvalue weighted by atomic mass is 16.7. The van der Waals surface area contributed by atoms with E-state index in [0.717, 1.165) is 5.56 Å². The van der Waals surface area contributed by atoms with Crippen LogP contribution in [0.15, 0.2) is 35.5 Å². The van der Waals surface area contributed by atoms with Crippen LogP contribution >= 0.6 is 0 Å². The second kappa shape index (κ2) is 5.95. The predicted molar refractivity (Wildman–Crippen MR) is 74.7 cm³/mol. The summed E-state index contributed by atoms with van der Waals surface area (Å²) in [6.45, 7) is 2.86. The third kappa shape index (κ3) is 2.89. The van der Waals surface area contributed by atoms with Crippen LogP contribution in [0.1, 0.15) is 25.8 Å². The van der Waals surface area contributed by atoms with Crippen LogP contribution in [0.2, 0.25) is 0 Å². The number of carbonyl (C=O) groups is 2. The molecule has 0 saturated carbocycles. The van der Waals surface area contributed by atoms with Crippen molar-refractivity contribution in [1.82, 2.24) is 0 Å². The van der Waals surface area contributed by atoms with Crippen molar-refractivity contribution in [1.29, 1.82) is 0 Å². The molecule has 21 heavy (non-hydrogen) atoms. The molecule has 0 aliphatic carbocycles. The van der Waals surface area contributed by atoms with Gasteiger partial charge in [-0.2, -0.15) is 0 Å². The number of hydrogen-bond donors (Lipinski definition) is 0. The molecule has 0 bridgehead atoms. The molecule has 0 amide bonds. The Labute approximate surface area is 122 Å². The van der Waals surface area contributed by atoms with Gasteiger partial charge in [-0.15, -0.1) is 0 Å². The van der Waals surface area contributed by atoms with Crippen LogP contribution in [-0.2, 0) is 23.9 Å². The molecule has 0 fully saturated rings. The lowest BCUT2D eigenvalue weighted by Gasteiger charge is -2.29. The van der Waals surface area contributed by atoms with E-state index in [4.69, 9.17) is 14.3 Å². The first-order chi connectivity index (χ1) is 9.99. The van der Waals surface area contributed by atoms with E-state index in [0.29, 0.717) is 5.71 Å². The highest BCUT2D eigenvalue weighted by molar-refractivity contribution is 6.05. The highest BCUT2D eigenvalue weighted by Crippen LogP contribution is 2.33. The molecule has 2 rings (SSSR count). The fraction of sp³-hybridized carbons (Fsp3) is 0.400. The topological polar surface area (TPSA) is 74.2 Å². The van der Waals surface area contributed by atoms with Gasteiger partial charge in [0.05, 0.1) is 19.2 Å². The number of oxime groups is 1. The molecule has 0 N–H and O–H groups in total. The minimum Gasteiger partial charge on any atom is -0.466 e. The summed E-state index contributed by atoms with van der Waals surface area (Å²) >= 11 is 0. The average molecular weight is 291 g/mol. The first-order valence-corrected chi connectivity index (χ1v) is 6.55. The fourth-order valence-electron chi connectivity index (χ4n) is 2.25. The molecule has 1 aliphatic rings. The number of methoxy groups -OCH3 is 1. The molecular formula is C15H17NO5. The maximum Gasteiger partial charge on any atom is 0.357 e. The summed E-state index contributed by atoms with van der Waals surface area (Å²) in [5, 5.41) is 3.98. The summed E-state index contributed by atoms with van der Waals surface area (Å²) < 4.78 is 9.90. The van der Waals surface area contributed by atoms with Crippen LogP contribution in [0.3, 0.4) is 0 Å². The highest BCUT2D eigenvalue weighted by Gasteiger charge is 2.54. The summed E-state index contributed by atoms with van der Waals surface area (Å²) in [6.07, 6.45) is -0.634. The van der Waals surface area contributed by atoms with Crippen LogP contribution < -0.4 is 0 Å². The number of rotatable bonds is 4. The zero-order chi connectivity index (χ0) is 15.5. The quantitative estimate of drug-likeness (QED) is 0.789. The third-order valence-corrected chi connectivity index (χ3v) is 3.39. The Morgan fingerprint density at radius 2 is 2.00 bits per heavy atom. The van der Waals surface area contributed by atoms with E-state index in [2.05, 4.69) is 5.16 Å². The Morgan fingerprint density at radius 3 is 2.57 bits per heavy atom. The lowest BCUT2D eigenvalue weighted by Crippen LogP contribution is -2.51. The molecule has 0 saturated heterocycles. The molecule has 0 radical (unpaired) electrons. The summed E-state index contributed by atoms with van der Waals surface area (Å²) in [5.41, 5.74) is 0.0179. The standard InChI is InChI=1S/C15H17NO5/c1-10(20-11(2)17)15(14(18)19-3)9-13(16-21-15)12-7-5-4-6-8-12/h4-8,10H,9H2,1-3H3/t10-,15+/m1/s1. The van der Waals surface area contributed by atoms with Crippen molar-refractivity contribution in [2.75, 3.05) is 7.11 Å². The molecule has 1 aromatic rings. The van der Waals surface area contributed by atoms with Crippen molar-refractivity contribution >= 4 is 17.7 Å². The molecule has 112 valence electrons. The molecule has 1 aromatic carbocycles. The lowest BCUT2D eigenvalue weighted by molar-refractivity contribution is -0.188. The molecule has 6 nitrogen and oxygen atoms in total. The van der Waals surface area contributed by atoms with Gasteiger partial charge in [0.15, 0.2) is 6.10 Å². The van der Waals surface area contributed by atoms with Crippen LogP contribution in [0.5, 0.6) is 0 Å². The minimum atomic E-state index is -1.44. The Bertz CT molecular complexity index is 569. The average Bonchev–Trinajstić information content (AvgIpc) is 2.93. The Hall–Kier alpha value is -2.37. The number of carbonyl (C=O) groups excluding carboxylic acids is 2. The van der Waals surface area contributed by atoms with Gasteiger partial charge in [-0.25, -0.2) is 4.79 Å². The maximum absolute atomic E-state index is 12.1. The van der Waals surface area contributed by atoms with Crippen LogP contribution in [0.25, 0.3) is 0 Å². The molecule has 0 unspecified atom stereocenters. The zero-order valence-corrected chi connectivity index (χ0v) is 12.2. The number of esters is 2. The first-order valence-electron chi connectivity index (χ1n) is 6.55. The van der Waals surface area contributed by atoms with Gasteiger partial charge in [-0.05, 0) is 12.5 Å². The molecule has 0 spiro atoms. The van der Waals surface area contributed by atoms with E-state index in [-0.39, 0.29) is 6.42 Å². The Balaban J connectivity index is 2.26. The van der Waals surface area contributed by atoms with Crippen molar-refractivity contribution in [2.45, 2.75) is 32.0 Å². The second-order valence-corrected chi connectivity index (χ2v) is 4.80. The van der Waals surface area contributed by atoms with Crippen molar-refractivity contribution in [3.63, 3.8) is 0 Å². The molecule has 1 heterocycles. The van der Waals surface area contributed by atoms with Crippen molar-refractivity contribution in [3.05, 3.63) is 35.9 Å². The monoisotopic (exact) mass is 291 g/mol. The molecule has 1 aliphatic heterocycles. The van der Waals surface area contributed by atoms with Crippen LogP contribution in [-0.4, -0.2) is 36.5 Å². The first kappa shape index (κ1) is 15.0. The van der Waals surface area contributed by atoms with Crippen molar-refractivity contribution < 1.29 is 23.9 Å². The van der Waals surface area contributed by atoms with Gasteiger partial charge < -0.3 is 14.3 Å². The van der Waals surface area contributed by atoms with Gasteiger partial charge in [-0.1, -0.05) is 35.5 Å². The summed E-state index contributed by atoms with van der Waals surface area (Å²) in [5.74, 6) is -1.12. The lowest BCUT2D eigenvalue weighted by atomic mass is 9.89.